The van der Waals surface area contributed by atoms with E-state index in [1.54, 1.807) is 11.8 Å². The standard InChI is InChI=1S/C17H17Cl2NS.2C2H6/c1-20-9-15(11-4-3-5-13(6-11)21-2)14-7-12(18)8-17(19)16(14)10-20;2*1-2/h3-8,15H,9-10H2,1-2H3;2*1-2H3/t15-;;/m1../s1. The maximum atomic E-state index is 6.41. The highest BCUT2D eigenvalue weighted by atomic mass is 35.5. The van der Waals surface area contributed by atoms with Gasteiger partial charge in [-0.25, -0.2) is 0 Å². The summed E-state index contributed by atoms with van der Waals surface area (Å²) in [5, 5.41) is 1.49. The van der Waals surface area contributed by atoms with Crippen molar-refractivity contribution in [1.29, 1.82) is 0 Å². The molecule has 1 aliphatic rings. The van der Waals surface area contributed by atoms with Gasteiger partial charge in [-0.2, -0.15) is 0 Å². The number of halogens is 2. The largest absolute Gasteiger partial charge is 0.301 e. The molecule has 0 aromatic heterocycles. The number of thioether (sulfide) groups is 1. The van der Waals surface area contributed by atoms with Crippen molar-refractivity contribution in [3.05, 3.63) is 63.1 Å². The van der Waals surface area contributed by atoms with Gasteiger partial charge in [0.2, 0.25) is 0 Å². The predicted molar refractivity (Wildman–Crippen MR) is 116 cm³/mol. The van der Waals surface area contributed by atoms with Crippen LogP contribution in [0, 0.1) is 0 Å². The number of nitrogens with zero attached hydrogens (tertiary/aromatic N) is 1. The average Bonchev–Trinajstić information content (AvgIpc) is 2.65. The van der Waals surface area contributed by atoms with E-state index in [0.29, 0.717) is 10.9 Å². The van der Waals surface area contributed by atoms with Crippen LogP contribution in [-0.2, 0) is 6.54 Å². The van der Waals surface area contributed by atoms with Crippen molar-refractivity contribution >= 4 is 35.0 Å². The molecule has 0 N–H and O–H groups in total. The minimum Gasteiger partial charge on any atom is -0.301 e. The van der Waals surface area contributed by atoms with Gasteiger partial charge in [-0.15, -0.1) is 11.8 Å². The molecule has 25 heavy (non-hydrogen) atoms. The van der Waals surface area contributed by atoms with Crippen LogP contribution in [0.2, 0.25) is 10.0 Å². The zero-order valence-electron chi connectivity index (χ0n) is 16.1. The van der Waals surface area contributed by atoms with Crippen LogP contribution in [0.3, 0.4) is 0 Å². The van der Waals surface area contributed by atoms with Gasteiger partial charge in [0.1, 0.15) is 0 Å². The highest BCUT2D eigenvalue weighted by Gasteiger charge is 2.27. The first kappa shape index (κ1) is 22.4. The number of hydrogen-bond acceptors (Lipinski definition) is 2. The lowest BCUT2D eigenvalue weighted by Gasteiger charge is -2.33. The molecule has 0 radical (unpaired) electrons. The fourth-order valence-electron chi connectivity index (χ4n) is 2.99. The smallest absolute Gasteiger partial charge is 0.0468 e. The molecule has 0 fully saturated rings. The summed E-state index contributed by atoms with van der Waals surface area (Å²) in [5.41, 5.74) is 3.80. The lowest BCUT2D eigenvalue weighted by molar-refractivity contribution is 0.295. The lowest BCUT2D eigenvalue weighted by Crippen LogP contribution is -2.31. The van der Waals surface area contributed by atoms with Gasteiger partial charge in [0, 0.05) is 33.9 Å². The van der Waals surface area contributed by atoms with Crippen LogP contribution in [0.15, 0.2) is 41.3 Å². The van der Waals surface area contributed by atoms with Gasteiger partial charge in [-0.3, -0.25) is 0 Å². The van der Waals surface area contributed by atoms with Crippen LogP contribution in [0.4, 0.5) is 0 Å². The summed E-state index contributed by atoms with van der Waals surface area (Å²) in [4.78, 5) is 3.61. The van der Waals surface area contributed by atoms with Crippen molar-refractivity contribution in [1.82, 2.24) is 4.90 Å². The minimum atomic E-state index is 0.321. The monoisotopic (exact) mass is 397 g/mol. The van der Waals surface area contributed by atoms with Gasteiger partial charge in [0.25, 0.3) is 0 Å². The van der Waals surface area contributed by atoms with E-state index in [0.717, 1.165) is 18.1 Å². The first-order chi connectivity index (χ1) is 12.1. The van der Waals surface area contributed by atoms with Crippen LogP contribution >= 0.6 is 35.0 Å². The van der Waals surface area contributed by atoms with Gasteiger partial charge in [0.15, 0.2) is 0 Å². The molecule has 2 aromatic rings. The van der Waals surface area contributed by atoms with Crippen LogP contribution < -0.4 is 0 Å². The third-order valence-corrected chi connectivity index (χ3v) is 5.27. The zero-order valence-corrected chi connectivity index (χ0v) is 18.4. The Labute approximate surface area is 167 Å². The molecule has 0 spiro atoms. The number of likely N-dealkylation sites (N-methyl/N-ethyl adjacent to an activating group) is 1. The van der Waals surface area contributed by atoms with Gasteiger partial charge in [0.05, 0.1) is 0 Å². The summed E-state index contributed by atoms with van der Waals surface area (Å²) in [6.07, 6.45) is 2.10. The highest BCUT2D eigenvalue weighted by Crippen LogP contribution is 2.38. The molecule has 0 saturated carbocycles. The van der Waals surface area contributed by atoms with Crippen LogP contribution in [0.1, 0.15) is 50.3 Å². The number of benzene rings is 2. The van der Waals surface area contributed by atoms with E-state index in [2.05, 4.69) is 48.5 Å². The Balaban J connectivity index is 0.000000730. The Hall–Kier alpha value is -0.670. The SMILES string of the molecule is CC.CC.CSc1cccc([C@H]2CN(C)Cc3c(Cl)cc(Cl)cc32)c1. The third-order valence-electron chi connectivity index (χ3n) is 3.99. The third kappa shape index (κ3) is 5.65. The van der Waals surface area contributed by atoms with Gasteiger partial charge < -0.3 is 4.90 Å². The molecule has 0 unspecified atom stereocenters. The van der Waals surface area contributed by atoms with Crippen molar-refractivity contribution in [2.24, 2.45) is 0 Å². The summed E-state index contributed by atoms with van der Waals surface area (Å²) in [5.74, 6) is 0.321. The van der Waals surface area contributed by atoms with Crippen molar-refractivity contribution in [2.45, 2.75) is 45.1 Å². The summed E-state index contributed by atoms with van der Waals surface area (Å²) in [6.45, 7) is 9.87. The second-order valence-corrected chi connectivity index (χ2v) is 7.20. The molecule has 1 atom stereocenters. The fourth-order valence-corrected chi connectivity index (χ4v) is 4.03. The van der Waals surface area contributed by atoms with E-state index in [-0.39, 0.29) is 0 Å². The van der Waals surface area contributed by atoms with Gasteiger partial charge in [-0.05, 0) is 54.3 Å². The van der Waals surface area contributed by atoms with Crippen molar-refractivity contribution in [2.75, 3.05) is 19.8 Å². The van der Waals surface area contributed by atoms with Crippen LogP contribution in [0.5, 0.6) is 0 Å². The Kier molecular flexibility index (Phi) is 9.96. The molecular formula is C21H29Cl2NS. The molecule has 1 heterocycles. The molecule has 0 bridgehead atoms. The summed E-state index contributed by atoms with van der Waals surface area (Å²) >= 11 is 14.4. The van der Waals surface area contributed by atoms with E-state index in [4.69, 9.17) is 23.2 Å². The molecule has 0 saturated heterocycles. The predicted octanol–water partition coefficient (Wildman–Crippen LogP) is 7.35. The number of fused-ring (bicyclic) bond motifs is 1. The Morgan fingerprint density at radius 2 is 1.72 bits per heavy atom. The maximum absolute atomic E-state index is 6.41. The van der Waals surface area contributed by atoms with E-state index < -0.39 is 0 Å². The molecule has 1 nitrogen and oxygen atoms in total. The molecule has 2 aromatic carbocycles. The van der Waals surface area contributed by atoms with E-state index >= 15 is 0 Å². The molecule has 4 heteroatoms. The van der Waals surface area contributed by atoms with Crippen molar-refractivity contribution in [3.8, 4) is 0 Å². The molecule has 138 valence electrons. The zero-order chi connectivity index (χ0) is 19.0. The summed E-state index contributed by atoms with van der Waals surface area (Å²) in [7, 11) is 2.14. The van der Waals surface area contributed by atoms with Gasteiger partial charge in [-0.1, -0.05) is 63.0 Å². The van der Waals surface area contributed by atoms with E-state index in [1.165, 1.54) is 21.6 Å². The lowest BCUT2D eigenvalue weighted by atomic mass is 9.85. The molecule has 0 amide bonds. The van der Waals surface area contributed by atoms with Crippen molar-refractivity contribution in [3.63, 3.8) is 0 Å². The maximum Gasteiger partial charge on any atom is 0.0468 e. The molecular weight excluding hydrogens is 369 g/mol. The highest BCUT2D eigenvalue weighted by molar-refractivity contribution is 7.98. The second-order valence-electron chi connectivity index (χ2n) is 5.48. The first-order valence-electron chi connectivity index (χ1n) is 8.89. The molecule has 0 aliphatic carbocycles. The summed E-state index contributed by atoms with van der Waals surface area (Å²) < 4.78 is 0. The Morgan fingerprint density at radius 3 is 2.36 bits per heavy atom. The average molecular weight is 398 g/mol. The number of hydrogen-bond donors (Lipinski definition) is 0. The van der Waals surface area contributed by atoms with Crippen molar-refractivity contribution < 1.29 is 0 Å². The van der Waals surface area contributed by atoms with Crippen LogP contribution in [0.25, 0.3) is 0 Å². The summed E-state index contributed by atoms with van der Waals surface area (Å²) in [6, 6.07) is 12.7. The molecule has 1 aliphatic heterocycles. The molecule has 3 rings (SSSR count). The van der Waals surface area contributed by atoms with Gasteiger partial charge >= 0.3 is 0 Å². The van der Waals surface area contributed by atoms with E-state index in [1.807, 2.05) is 33.8 Å². The van der Waals surface area contributed by atoms with E-state index in [9.17, 15) is 0 Å². The minimum absolute atomic E-state index is 0.321. The first-order valence-corrected chi connectivity index (χ1v) is 10.9. The topological polar surface area (TPSA) is 3.24 Å². The normalized spacial score (nSPS) is 16.1. The fraction of sp³-hybridized carbons (Fsp3) is 0.429. The Bertz CT molecular complexity index is 673. The quantitative estimate of drug-likeness (QED) is 0.487. The Morgan fingerprint density at radius 1 is 1.04 bits per heavy atom. The van der Waals surface area contributed by atoms with Crippen LogP contribution in [-0.4, -0.2) is 24.7 Å². The second kappa shape index (κ2) is 11.1. The number of rotatable bonds is 2.